The number of carbonyl (C=O) groups excluding carboxylic acids is 1. The Labute approximate surface area is 102 Å². The molecule has 96 valence electrons. The molecule has 0 bridgehead atoms. The second-order valence-electron chi connectivity index (χ2n) is 3.89. The number of nitrogens with zero attached hydrogens (tertiary/aromatic N) is 2. The van der Waals surface area contributed by atoms with Crippen LogP contribution < -0.4 is 4.74 Å². The Balaban J connectivity index is 2.00. The number of nitro groups is 1. The van der Waals surface area contributed by atoms with Crippen molar-refractivity contribution in [1.82, 2.24) is 4.90 Å². The number of hydrogen-bond donors (Lipinski definition) is 0. The van der Waals surface area contributed by atoms with Gasteiger partial charge < -0.3 is 4.74 Å². The Kier molecular flexibility index (Phi) is 3.40. The fourth-order valence-corrected chi connectivity index (χ4v) is 1.73. The van der Waals surface area contributed by atoms with Gasteiger partial charge in [0.15, 0.2) is 6.30 Å². The summed E-state index contributed by atoms with van der Waals surface area (Å²) in [5, 5.41) is 10.4. The summed E-state index contributed by atoms with van der Waals surface area (Å²) in [6.07, 6.45) is -1.16. The topological polar surface area (TPSA) is 72.7 Å². The molecule has 0 aliphatic carbocycles. The Morgan fingerprint density at radius 1 is 1.44 bits per heavy atom. The molecule has 1 unspecified atom stereocenters. The normalized spacial score (nSPS) is 18.7. The third-order valence-corrected chi connectivity index (χ3v) is 2.67. The van der Waals surface area contributed by atoms with Gasteiger partial charge >= 0.3 is 6.09 Å². The van der Waals surface area contributed by atoms with E-state index in [-0.39, 0.29) is 11.4 Å². The van der Waals surface area contributed by atoms with Gasteiger partial charge in [0.05, 0.1) is 4.92 Å². The number of rotatable bonds is 2. The van der Waals surface area contributed by atoms with Crippen LogP contribution in [0.3, 0.4) is 0 Å². The van der Waals surface area contributed by atoms with Gasteiger partial charge in [0.1, 0.15) is 5.75 Å². The van der Waals surface area contributed by atoms with E-state index in [4.69, 9.17) is 4.74 Å². The van der Waals surface area contributed by atoms with E-state index < -0.39 is 17.3 Å². The van der Waals surface area contributed by atoms with E-state index >= 15 is 0 Å². The quantitative estimate of drug-likeness (QED) is 0.461. The van der Waals surface area contributed by atoms with Gasteiger partial charge in [0.25, 0.3) is 5.69 Å². The minimum atomic E-state index is -1.31. The molecule has 1 heterocycles. The van der Waals surface area contributed by atoms with Crippen molar-refractivity contribution in [3.8, 4) is 5.75 Å². The van der Waals surface area contributed by atoms with E-state index in [1.165, 1.54) is 24.3 Å². The molecule has 0 saturated carbocycles. The molecule has 2 rings (SSSR count). The molecule has 0 N–H and O–H groups in total. The van der Waals surface area contributed by atoms with Crippen LogP contribution in [0.15, 0.2) is 24.3 Å². The third kappa shape index (κ3) is 2.55. The second kappa shape index (κ2) is 4.99. The molecule has 18 heavy (non-hydrogen) atoms. The summed E-state index contributed by atoms with van der Waals surface area (Å²) in [5.41, 5.74) is -0.0978. The first-order valence-corrected chi connectivity index (χ1v) is 5.45. The van der Waals surface area contributed by atoms with Gasteiger partial charge in [0, 0.05) is 18.7 Å². The fourth-order valence-electron chi connectivity index (χ4n) is 1.73. The average molecular weight is 254 g/mol. The second-order valence-corrected chi connectivity index (χ2v) is 3.89. The molecular formula is C11H11FN2O4. The number of ether oxygens (including phenoxy) is 1. The Morgan fingerprint density at radius 3 is 2.61 bits per heavy atom. The number of hydrogen-bond acceptors (Lipinski definition) is 4. The first-order valence-electron chi connectivity index (χ1n) is 5.45. The van der Waals surface area contributed by atoms with Gasteiger partial charge in [-0.05, 0) is 25.0 Å². The van der Waals surface area contributed by atoms with Crippen LogP contribution in [0.5, 0.6) is 5.75 Å². The van der Waals surface area contributed by atoms with Crippen LogP contribution in [-0.2, 0) is 0 Å². The molecule has 0 aromatic heterocycles. The van der Waals surface area contributed by atoms with Crippen molar-refractivity contribution < 1.29 is 18.8 Å². The van der Waals surface area contributed by atoms with Crippen molar-refractivity contribution in [3.63, 3.8) is 0 Å². The van der Waals surface area contributed by atoms with Crippen LogP contribution in [0.1, 0.15) is 12.8 Å². The molecule has 1 fully saturated rings. The van der Waals surface area contributed by atoms with E-state index in [1.54, 1.807) is 0 Å². The number of non-ortho nitro benzene ring substituents is 1. The molecule has 1 aliphatic heterocycles. The van der Waals surface area contributed by atoms with Crippen LogP contribution >= 0.6 is 0 Å². The molecule has 1 amide bonds. The summed E-state index contributed by atoms with van der Waals surface area (Å²) < 4.78 is 18.2. The summed E-state index contributed by atoms with van der Waals surface area (Å²) in [7, 11) is 0. The Bertz CT molecular complexity index is 463. The van der Waals surface area contributed by atoms with Crippen molar-refractivity contribution in [1.29, 1.82) is 0 Å². The van der Waals surface area contributed by atoms with Gasteiger partial charge in [-0.25, -0.2) is 9.18 Å². The SMILES string of the molecule is O=C(Oc1ccc([N+](=O)[O-])cc1)N1CCCC1F. The van der Waals surface area contributed by atoms with Gasteiger partial charge in [-0.15, -0.1) is 0 Å². The highest BCUT2D eigenvalue weighted by atomic mass is 19.1. The molecule has 7 heteroatoms. The molecular weight excluding hydrogens is 243 g/mol. The third-order valence-electron chi connectivity index (χ3n) is 2.67. The molecule has 1 atom stereocenters. The van der Waals surface area contributed by atoms with Gasteiger partial charge in [-0.2, -0.15) is 0 Å². The largest absolute Gasteiger partial charge is 0.417 e. The van der Waals surface area contributed by atoms with Crippen molar-refractivity contribution in [2.24, 2.45) is 0 Å². The maximum absolute atomic E-state index is 13.2. The summed E-state index contributed by atoms with van der Waals surface area (Å²) in [6, 6.07) is 5.05. The molecule has 0 spiro atoms. The number of halogens is 1. The van der Waals surface area contributed by atoms with E-state index in [1.807, 2.05) is 0 Å². The number of likely N-dealkylation sites (tertiary alicyclic amines) is 1. The van der Waals surface area contributed by atoms with E-state index in [2.05, 4.69) is 0 Å². The molecule has 1 saturated heterocycles. The monoisotopic (exact) mass is 254 g/mol. The summed E-state index contributed by atoms with van der Waals surface area (Å²) >= 11 is 0. The lowest BCUT2D eigenvalue weighted by atomic mass is 10.3. The van der Waals surface area contributed by atoms with Crippen LogP contribution in [0.4, 0.5) is 14.9 Å². The minimum Gasteiger partial charge on any atom is -0.410 e. The highest BCUT2D eigenvalue weighted by Crippen LogP contribution is 2.22. The maximum atomic E-state index is 13.2. The molecule has 6 nitrogen and oxygen atoms in total. The number of alkyl halides is 1. The van der Waals surface area contributed by atoms with Crippen molar-refractivity contribution in [2.75, 3.05) is 6.54 Å². The van der Waals surface area contributed by atoms with Gasteiger partial charge in [-0.1, -0.05) is 0 Å². The zero-order valence-corrected chi connectivity index (χ0v) is 9.41. The number of amides is 1. The van der Waals surface area contributed by atoms with Crippen LogP contribution in [0, 0.1) is 10.1 Å². The van der Waals surface area contributed by atoms with E-state index in [0.29, 0.717) is 19.4 Å². The summed E-state index contributed by atoms with van der Waals surface area (Å²) in [6.45, 7) is 0.326. The van der Waals surface area contributed by atoms with Crippen LogP contribution in [-0.4, -0.2) is 28.8 Å². The molecule has 0 radical (unpaired) electrons. The Morgan fingerprint density at radius 2 is 2.11 bits per heavy atom. The molecule has 1 aliphatic rings. The molecule has 1 aromatic carbocycles. The molecule has 1 aromatic rings. The lowest BCUT2D eigenvalue weighted by Crippen LogP contribution is -2.35. The van der Waals surface area contributed by atoms with Crippen LogP contribution in [0.25, 0.3) is 0 Å². The predicted octanol–water partition coefficient (Wildman–Crippen LogP) is 2.49. The van der Waals surface area contributed by atoms with Crippen molar-refractivity contribution >= 4 is 11.8 Å². The lowest BCUT2D eigenvalue weighted by Gasteiger charge is -2.17. The zero-order valence-electron chi connectivity index (χ0n) is 9.41. The fraction of sp³-hybridized carbons (Fsp3) is 0.364. The van der Waals surface area contributed by atoms with Crippen molar-refractivity contribution in [2.45, 2.75) is 19.1 Å². The lowest BCUT2D eigenvalue weighted by molar-refractivity contribution is -0.384. The number of nitro benzene ring substituents is 1. The predicted molar refractivity (Wildman–Crippen MR) is 60.0 cm³/mol. The van der Waals surface area contributed by atoms with Crippen molar-refractivity contribution in [3.05, 3.63) is 34.4 Å². The van der Waals surface area contributed by atoms with Crippen LogP contribution in [0.2, 0.25) is 0 Å². The smallest absolute Gasteiger partial charge is 0.410 e. The summed E-state index contributed by atoms with van der Waals surface area (Å²) in [5.74, 6) is 0.157. The van der Waals surface area contributed by atoms with Gasteiger partial charge in [-0.3, -0.25) is 15.0 Å². The highest BCUT2D eigenvalue weighted by molar-refractivity contribution is 5.71. The number of carbonyl (C=O) groups is 1. The first kappa shape index (κ1) is 12.3. The number of benzene rings is 1. The van der Waals surface area contributed by atoms with E-state index in [9.17, 15) is 19.3 Å². The minimum absolute atomic E-state index is 0.0978. The summed E-state index contributed by atoms with van der Waals surface area (Å²) in [4.78, 5) is 22.4. The highest BCUT2D eigenvalue weighted by Gasteiger charge is 2.29. The van der Waals surface area contributed by atoms with E-state index in [0.717, 1.165) is 4.90 Å². The zero-order chi connectivity index (χ0) is 13.1. The van der Waals surface area contributed by atoms with Gasteiger partial charge in [0.2, 0.25) is 0 Å². The maximum Gasteiger partial charge on any atom is 0.417 e. The Hall–Kier alpha value is -2.18. The standard InChI is InChI=1S/C11H11FN2O4/c12-10-2-1-7-13(10)11(15)18-9-5-3-8(4-6-9)14(16)17/h3-6,10H,1-2,7H2. The first-order chi connectivity index (χ1) is 8.58. The average Bonchev–Trinajstić information content (AvgIpc) is 2.76.